The lowest BCUT2D eigenvalue weighted by Gasteiger charge is -2.35. The molecule has 0 aliphatic carbocycles. The highest BCUT2D eigenvalue weighted by Gasteiger charge is 2.34. The van der Waals surface area contributed by atoms with E-state index in [0.29, 0.717) is 50.8 Å². The van der Waals surface area contributed by atoms with Gasteiger partial charge in [-0.3, -0.25) is 4.79 Å². The number of ether oxygens (including phenoxy) is 3. The van der Waals surface area contributed by atoms with E-state index in [4.69, 9.17) is 19.3 Å². The summed E-state index contributed by atoms with van der Waals surface area (Å²) in [5.41, 5.74) is -0.328. The standard InChI is InChI=1S/C16H33NO4.C8H18O/c1-7-9-15(18)17-16(10-19-8-2,11-20-13(3)4)12-21-14(5)6;1-7(2)8(3,4)5-6-9/h13-14H,7-12H2,1-6H3,(H,17,18);7,9H,5-6H2,1-4H3. The fraction of sp³-hybridized carbons (Fsp3) is 0.958. The second-order valence-electron chi connectivity index (χ2n) is 9.55. The van der Waals surface area contributed by atoms with Gasteiger partial charge in [0.1, 0.15) is 5.54 Å². The van der Waals surface area contributed by atoms with Crippen molar-refractivity contribution >= 4 is 5.91 Å². The maximum absolute atomic E-state index is 12.0. The van der Waals surface area contributed by atoms with E-state index in [1.807, 2.05) is 41.5 Å². The summed E-state index contributed by atoms with van der Waals surface area (Å²) in [7, 11) is 0. The molecule has 30 heavy (non-hydrogen) atoms. The van der Waals surface area contributed by atoms with Crippen molar-refractivity contribution in [1.82, 2.24) is 5.32 Å². The average Bonchev–Trinajstić information content (AvgIpc) is 2.63. The fourth-order valence-corrected chi connectivity index (χ4v) is 2.35. The second kappa shape index (κ2) is 16.9. The number of amides is 1. The Morgan fingerprint density at radius 2 is 1.43 bits per heavy atom. The largest absolute Gasteiger partial charge is 0.396 e. The molecule has 2 N–H and O–H groups in total. The maximum atomic E-state index is 12.0. The van der Waals surface area contributed by atoms with Crippen LogP contribution in [0.4, 0.5) is 0 Å². The average molecular weight is 434 g/mol. The molecule has 6 heteroatoms. The minimum atomic E-state index is -0.628. The molecule has 0 aromatic rings. The Balaban J connectivity index is 0. The molecule has 0 saturated heterocycles. The van der Waals surface area contributed by atoms with Crippen molar-refractivity contribution in [2.45, 2.75) is 106 Å². The van der Waals surface area contributed by atoms with E-state index in [-0.39, 0.29) is 18.1 Å². The molecule has 0 atom stereocenters. The minimum Gasteiger partial charge on any atom is -0.396 e. The molecule has 0 aliphatic rings. The van der Waals surface area contributed by atoms with E-state index in [9.17, 15) is 4.79 Å². The van der Waals surface area contributed by atoms with E-state index in [1.165, 1.54) is 0 Å². The van der Waals surface area contributed by atoms with Crippen molar-refractivity contribution in [2.75, 3.05) is 33.0 Å². The normalized spacial score (nSPS) is 12.3. The van der Waals surface area contributed by atoms with Gasteiger partial charge in [0, 0.05) is 19.6 Å². The Bertz CT molecular complexity index is 410. The second-order valence-corrected chi connectivity index (χ2v) is 9.55. The Labute approximate surface area is 186 Å². The topological polar surface area (TPSA) is 77.0 Å². The van der Waals surface area contributed by atoms with Crippen LogP contribution in [-0.4, -0.2) is 61.8 Å². The number of carbonyl (C=O) groups excluding carboxylic acids is 1. The van der Waals surface area contributed by atoms with Gasteiger partial charge in [-0.2, -0.15) is 0 Å². The predicted molar refractivity (Wildman–Crippen MR) is 125 cm³/mol. The molecule has 0 aromatic heterocycles. The van der Waals surface area contributed by atoms with Crippen LogP contribution in [0, 0.1) is 11.3 Å². The van der Waals surface area contributed by atoms with Crippen LogP contribution in [0.3, 0.4) is 0 Å². The summed E-state index contributed by atoms with van der Waals surface area (Å²) in [6, 6.07) is 0. The van der Waals surface area contributed by atoms with Crippen LogP contribution in [-0.2, 0) is 19.0 Å². The van der Waals surface area contributed by atoms with Crippen LogP contribution in [0.15, 0.2) is 0 Å². The van der Waals surface area contributed by atoms with Crippen LogP contribution in [0.5, 0.6) is 0 Å². The number of hydrogen-bond acceptors (Lipinski definition) is 5. The highest BCUT2D eigenvalue weighted by molar-refractivity contribution is 5.76. The summed E-state index contributed by atoms with van der Waals surface area (Å²) in [6.45, 7) is 22.6. The third kappa shape index (κ3) is 16.1. The SMILES string of the molecule is CC(C)C(C)(C)CCO.CCCC(=O)NC(COCC)(COC(C)C)COC(C)C. The van der Waals surface area contributed by atoms with Crippen molar-refractivity contribution in [2.24, 2.45) is 11.3 Å². The molecule has 1 amide bonds. The Hall–Kier alpha value is -0.690. The number of aliphatic hydroxyl groups excluding tert-OH is 1. The van der Waals surface area contributed by atoms with Crippen LogP contribution in [0.25, 0.3) is 0 Å². The van der Waals surface area contributed by atoms with E-state index in [2.05, 4.69) is 33.0 Å². The van der Waals surface area contributed by atoms with Crippen LogP contribution >= 0.6 is 0 Å². The van der Waals surface area contributed by atoms with Gasteiger partial charge in [-0.15, -0.1) is 0 Å². The lowest BCUT2D eigenvalue weighted by atomic mass is 9.79. The lowest BCUT2D eigenvalue weighted by molar-refractivity contribution is -0.129. The minimum absolute atomic E-state index is 0.0110. The van der Waals surface area contributed by atoms with Gasteiger partial charge in [0.15, 0.2) is 0 Å². The number of aliphatic hydroxyl groups is 1. The first-order chi connectivity index (χ1) is 13.9. The van der Waals surface area contributed by atoms with Gasteiger partial charge < -0.3 is 24.6 Å². The zero-order chi connectivity index (χ0) is 23.8. The molecule has 0 radical (unpaired) electrons. The van der Waals surface area contributed by atoms with Gasteiger partial charge >= 0.3 is 0 Å². The first-order valence-electron chi connectivity index (χ1n) is 11.6. The van der Waals surface area contributed by atoms with Crippen molar-refractivity contribution in [3.63, 3.8) is 0 Å². The van der Waals surface area contributed by atoms with Crippen molar-refractivity contribution in [3.8, 4) is 0 Å². The van der Waals surface area contributed by atoms with Gasteiger partial charge in [-0.1, -0.05) is 34.6 Å². The van der Waals surface area contributed by atoms with Crippen LogP contribution < -0.4 is 5.32 Å². The molecule has 182 valence electrons. The number of carbonyl (C=O) groups is 1. The molecule has 0 saturated carbocycles. The molecule has 6 nitrogen and oxygen atoms in total. The molecular weight excluding hydrogens is 382 g/mol. The van der Waals surface area contributed by atoms with Crippen LogP contribution in [0.1, 0.15) is 88.5 Å². The van der Waals surface area contributed by atoms with E-state index >= 15 is 0 Å². The van der Waals surface area contributed by atoms with Gasteiger partial charge in [0.25, 0.3) is 0 Å². The van der Waals surface area contributed by atoms with Gasteiger partial charge in [0.05, 0.1) is 32.0 Å². The molecule has 0 fully saturated rings. The number of rotatable bonds is 15. The highest BCUT2D eigenvalue weighted by Crippen LogP contribution is 2.29. The number of nitrogens with one attached hydrogen (secondary N) is 1. The molecular formula is C24H51NO5. The Morgan fingerprint density at radius 1 is 0.933 bits per heavy atom. The zero-order valence-corrected chi connectivity index (χ0v) is 21.5. The molecule has 0 heterocycles. The third-order valence-corrected chi connectivity index (χ3v) is 5.17. The molecule has 0 unspecified atom stereocenters. The molecule has 0 aromatic carbocycles. The maximum Gasteiger partial charge on any atom is 0.220 e. The van der Waals surface area contributed by atoms with E-state index in [1.54, 1.807) is 0 Å². The Morgan fingerprint density at radius 3 is 1.73 bits per heavy atom. The van der Waals surface area contributed by atoms with Gasteiger partial charge in [-0.25, -0.2) is 0 Å². The van der Waals surface area contributed by atoms with Crippen LogP contribution in [0.2, 0.25) is 0 Å². The monoisotopic (exact) mass is 433 g/mol. The zero-order valence-electron chi connectivity index (χ0n) is 21.5. The summed E-state index contributed by atoms with van der Waals surface area (Å²) >= 11 is 0. The van der Waals surface area contributed by atoms with Gasteiger partial charge in [-0.05, 0) is 58.8 Å². The highest BCUT2D eigenvalue weighted by atomic mass is 16.5. The summed E-state index contributed by atoms with van der Waals surface area (Å²) in [4.78, 5) is 12.0. The van der Waals surface area contributed by atoms with E-state index < -0.39 is 5.54 Å². The summed E-state index contributed by atoms with van der Waals surface area (Å²) in [6.07, 6.45) is 2.40. The predicted octanol–water partition coefficient (Wildman–Crippen LogP) is 4.58. The van der Waals surface area contributed by atoms with Crippen molar-refractivity contribution in [1.29, 1.82) is 0 Å². The first kappa shape index (κ1) is 31.5. The first-order valence-corrected chi connectivity index (χ1v) is 11.6. The van der Waals surface area contributed by atoms with Crippen molar-refractivity contribution < 1.29 is 24.1 Å². The molecule has 0 aliphatic heterocycles. The smallest absolute Gasteiger partial charge is 0.220 e. The lowest BCUT2D eigenvalue weighted by Crippen LogP contribution is -2.59. The molecule has 0 rings (SSSR count). The summed E-state index contributed by atoms with van der Waals surface area (Å²) < 4.78 is 17.0. The summed E-state index contributed by atoms with van der Waals surface area (Å²) in [5, 5.41) is 11.7. The Kier molecular flexibility index (Phi) is 17.8. The van der Waals surface area contributed by atoms with Crippen molar-refractivity contribution in [3.05, 3.63) is 0 Å². The van der Waals surface area contributed by atoms with E-state index in [0.717, 1.165) is 12.8 Å². The fourth-order valence-electron chi connectivity index (χ4n) is 2.35. The summed E-state index contributed by atoms with van der Waals surface area (Å²) in [5.74, 6) is 0.668. The molecule has 0 spiro atoms. The molecule has 0 bridgehead atoms. The number of hydrogen-bond donors (Lipinski definition) is 2. The third-order valence-electron chi connectivity index (χ3n) is 5.17. The van der Waals surface area contributed by atoms with Gasteiger partial charge in [0.2, 0.25) is 5.91 Å². The quantitative estimate of drug-likeness (QED) is 0.395.